The Balaban J connectivity index is 2.05. The van der Waals surface area contributed by atoms with Crippen molar-refractivity contribution in [3.8, 4) is 0 Å². The van der Waals surface area contributed by atoms with E-state index >= 15 is 0 Å². The fraction of sp³-hybridized carbons (Fsp3) is 0.200. The summed E-state index contributed by atoms with van der Waals surface area (Å²) in [6, 6.07) is 13.5. The van der Waals surface area contributed by atoms with Crippen molar-refractivity contribution < 1.29 is 5.11 Å². The molecule has 0 amide bonds. The first-order chi connectivity index (χ1) is 9.06. The Morgan fingerprint density at radius 2 is 1.79 bits per heavy atom. The first-order valence-electron chi connectivity index (χ1n) is 5.91. The SMILES string of the molecule is C[C@@H](O)c1ccc(SCc2ccc(Cl)cc2)c(Cl)c1. The van der Waals surface area contributed by atoms with Gasteiger partial charge in [-0.2, -0.15) is 0 Å². The molecule has 0 aliphatic rings. The van der Waals surface area contributed by atoms with Crippen LogP contribution in [0.2, 0.25) is 10.0 Å². The minimum absolute atomic E-state index is 0.493. The lowest BCUT2D eigenvalue weighted by molar-refractivity contribution is 0.199. The van der Waals surface area contributed by atoms with E-state index < -0.39 is 6.10 Å². The van der Waals surface area contributed by atoms with Crippen LogP contribution in [0.5, 0.6) is 0 Å². The number of benzene rings is 2. The number of rotatable bonds is 4. The third-order valence-corrected chi connectivity index (χ3v) is 4.57. The fourth-order valence-electron chi connectivity index (χ4n) is 1.64. The molecule has 0 saturated carbocycles. The second-order valence-corrected chi connectivity index (χ2v) is 6.14. The van der Waals surface area contributed by atoms with Crippen LogP contribution in [0.25, 0.3) is 0 Å². The van der Waals surface area contributed by atoms with Gasteiger partial charge in [0.05, 0.1) is 11.1 Å². The molecule has 0 aliphatic heterocycles. The van der Waals surface area contributed by atoms with Crippen molar-refractivity contribution in [3.63, 3.8) is 0 Å². The lowest BCUT2D eigenvalue weighted by Crippen LogP contribution is -1.91. The van der Waals surface area contributed by atoms with Gasteiger partial charge < -0.3 is 5.11 Å². The molecule has 4 heteroatoms. The van der Waals surface area contributed by atoms with Crippen LogP contribution in [0.15, 0.2) is 47.4 Å². The molecule has 0 heterocycles. The summed E-state index contributed by atoms with van der Waals surface area (Å²) in [5.41, 5.74) is 2.03. The third kappa shape index (κ3) is 4.15. The van der Waals surface area contributed by atoms with Gasteiger partial charge in [-0.1, -0.05) is 41.4 Å². The number of halogens is 2. The molecule has 19 heavy (non-hydrogen) atoms. The molecular weight excluding hydrogens is 299 g/mol. The van der Waals surface area contributed by atoms with Crippen LogP contribution < -0.4 is 0 Å². The van der Waals surface area contributed by atoms with Crippen molar-refractivity contribution in [2.24, 2.45) is 0 Å². The average Bonchev–Trinajstić information content (AvgIpc) is 2.39. The smallest absolute Gasteiger partial charge is 0.0762 e. The Labute approximate surface area is 127 Å². The van der Waals surface area contributed by atoms with Crippen LogP contribution in [-0.2, 0) is 5.75 Å². The number of hydrogen-bond acceptors (Lipinski definition) is 2. The summed E-state index contributed by atoms with van der Waals surface area (Å²) in [5.74, 6) is 0.838. The molecule has 0 aromatic heterocycles. The summed E-state index contributed by atoms with van der Waals surface area (Å²) < 4.78 is 0. The van der Waals surface area contributed by atoms with Crippen molar-refractivity contribution in [1.82, 2.24) is 0 Å². The van der Waals surface area contributed by atoms with Crippen molar-refractivity contribution in [2.45, 2.75) is 23.7 Å². The third-order valence-electron chi connectivity index (χ3n) is 2.75. The number of hydrogen-bond donors (Lipinski definition) is 1. The number of thioether (sulfide) groups is 1. The maximum absolute atomic E-state index is 9.49. The van der Waals surface area contributed by atoms with Gasteiger partial charge in [-0.05, 0) is 42.3 Å². The van der Waals surface area contributed by atoms with Crippen molar-refractivity contribution in [2.75, 3.05) is 0 Å². The topological polar surface area (TPSA) is 20.2 Å². The highest BCUT2D eigenvalue weighted by atomic mass is 35.5. The van der Waals surface area contributed by atoms with E-state index in [0.717, 1.165) is 21.2 Å². The van der Waals surface area contributed by atoms with E-state index in [2.05, 4.69) is 0 Å². The molecule has 0 bridgehead atoms. The quantitative estimate of drug-likeness (QED) is 0.769. The Kier molecular flexibility index (Phi) is 5.17. The highest BCUT2D eigenvalue weighted by Crippen LogP contribution is 2.32. The van der Waals surface area contributed by atoms with Crippen molar-refractivity contribution in [1.29, 1.82) is 0 Å². The molecule has 1 atom stereocenters. The molecule has 2 aromatic carbocycles. The van der Waals surface area contributed by atoms with E-state index in [-0.39, 0.29) is 0 Å². The van der Waals surface area contributed by atoms with Gasteiger partial charge in [0.2, 0.25) is 0 Å². The predicted octanol–water partition coefficient (Wildman–Crippen LogP) is 5.34. The van der Waals surface area contributed by atoms with Gasteiger partial charge in [0.1, 0.15) is 0 Å². The largest absolute Gasteiger partial charge is 0.389 e. The number of aliphatic hydroxyl groups is 1. The van der Waals surface area contributed by atoms with E-state index in [0.29, 0.717) is 5.02 Å². The highest BCUT2D eigenvalue weighted by Gasteiger charge is 2.06. The van der Waals surface area contributed by atoms with Gasteiger partial charge in [0.15, 0.2) is 0 Å². The normalized spacial score (nSPS) is 12.4. The summed E-state index contributed by atoms with van der Waals surface area (Å²) in [5, 5.41) is 10.9. The molecule has 100 valence electrons. The predicted molar refractivity (Wildman–Crippen MR) is 83.1 cm³/mol. The molecule has 1 nitrogen and oxygen atoms in total. The van der Waals surface area contributed by atoms with Crippen LogP contribution >= 0.6 is 35.0 Å². The molecule has 1 N–H and O–H groups in total. The van der Waals surface area contributed by atoms with Crippen LogP contribution in [0, 0.1) is 0 Å². The molecule has 2 aromatic rings. The maximum Gasteiger partial charge on any atom is 0.0762 e. The van der Waals surface area contributed by atoms with Gasteiger partial charge in [-0.15, -0.1) is 11.8 Å². The summed E-state index contributed by atoms with van der Waals surface area (Å²) in [6.45, 7) is 1.73. The molecule has 0 aliphatic carbocycles. The summed E-state index contributed by atoms with van der Waals surface area (Å²) >= 11 is 13.7. The van der Waals surface area contributed by atoms with Crippen molar-refractivity contribution in [3.05, 3.63) is 63.6 Å². The molecule has 0 radical (unpaired) electrons. The monoisotopic (exact) mass is 312 g/mol. The Morgan fingerprint density at radius 3 is 2.37 bits per heavy atom. The van der Waals surface area contributed by atoms with Gasteiger partial charge in [0.25, 0.3) is 0 Å². The lowest BCUT2D eigenvalue weighted by atomic mass is 10.1. The summed E-state index contributed by atoms with van der Waals surface area (Å²) in [6.07, 6.45) is -0.493. The Morgan fingerprint density at radius 1 is 1.11 bits per heavy atom. The van der Waals surface area contributed by atoms with Gasteiger partial charge in [-0.3, -0.25) is 0 Å². The van der Waals surface area contributed by atoms with E-state index in [1.54, 1.807) is 18.7 Å². The van der Waals surface area contributed by atoms with Gasteiger partial charge in [-0.25, -0.2) is 0 Å². The Hall–Kier alpha value is -0.670. The van der Waals surface area contributed by atoms with E-state index in [4.69, 9.17) is 23.2 Å². The van der Waals surface area contributed by atoms with Crippen LogP contribution in [-0.4, -0.2) is 5.11 Å². The molecule has 2 rings (SSSR count). The second kappa shape index (κ2) is 6.67. The molecular formula is C15H14Cl2OS. The summed E-state index contributed by atoms with van der Waals surface area (Å²) in [7, 11) is 0. The zero-order valence-electron chi connectivity index (χ0n) is 10.4. The van der Waals surface area contributed by atoms with E-state index in [1.165, 1.54) is 5.56 Å². The molecule has 0 fully saturated rings. The van der Waals surface area contributed by atoms with E-state index in [9.17, 15) is 5.11 Å². The summed E-state index contributed by atoms with van der Waals surface area (Å²) in [4.78, 5) is 1.01. The Bertz CT molecular complexity index is 553. The van der Waals surface area contributed by atoms with Crippen LogP contribution in [0.1, 0.15) is 24.2 Å². The zero-order valence-corrected chi connectivity index (χ0v) is 12.8. The maximum atomic E-state index is 9.49. The average molecular weight is 313 g/mol. The molecule has 0 spiro atoms. The molecule has 0 saturated heterocycles. The highest BCUT2D eigenvalue weighted by molar-refractivity contribution is 7.98. The second-order valence-electron chi connectivity index (χ2n) is 4.28. The minimum atomic E-state index is -0.493. The lowest BCUT2D eigenvalue weighted by Gasteiger charge is -2.09. The van der Waals surface area contributed by atoms with Gasteiger partial charge >= 0.3 is 0 Å². The fourth-order valence-corrected chi connectivity index (χ4v) is 2.99. The first kappa shape index (κ1) is 14.7. The van der Waals surface area contributed by atoms with Crippen LogP contribution in [0.3, 0.4) is 0 Å². The zero-order chi connectivity index (χ0) is 13.8. The molecule has 0 unspecified atom stereocenters. The first-order valence-corrected chi connectivity index (χ1v) is 7.65. The van der Waals surface area contributed by atoms with Crippen LogP contribution in [0.4, 0.5) is 0 Å². The number of aliphatic hydroxyl groups excluding tert-OH is 1. The van der Waals surface area contributed by atoms with Crippen molar-refractivity contribution >= 4 is 35.0 Å². The standard InChI is InChI=1S/C15H14Cl2OS/c1-10(18)12-4-7-15(14(17)8-12)19-9-11-2-5-13(16)6-3-11/h2-8,10,18H,9H2,1H3/t10-/m1/s1. The minimum Gasteiger partial charge on any atom is -0.389 e. The van der Waals surface area contributed by atoms with Gasteiger partial charge in [0, 0.05) is 15.7 Å². The van der Waals surface area contributed by atoms with E-state index in [1.807, 2.05) is 42.5 Å².